The predicted octanol–water partition coefficient (Wildman–Crippen LogP) is 4.56. The van der Waals surface area contributed by atoms with E-state index in [2.05, 4.69) is 5.32 Å². The van der Waals surface area contributed by atoms with Crippen LogP contribution in [0.4, 0.5) is 5.69 Å². The Morgan fingerprint density at radius 1 is 0.953 bits per heavy atom. The number of methoxy groups -OCH3 is 1. The quantitative estimate of drug-likeness (QED) is 0.288. The summed E-state index contributed by atoms with van der Waals surface area (Å²) in [5.41, 5.74) is 1.90. The van der Waals surface area contributed by atoms with Crippen LogP contribution >= 0.6 is 0 Å². The normalized spacial score (nSPS) is 14.1. The van der Waals surface area contributed by atoms with Crippen LogP contribution in [-0.4, -0.2) is 63.7 Å². The van der Waals surface area contributed by atoms with E-state index in [1.165, 1.54) is 4.90 Å². The molecule has 230 valence electrons. The third-order valence-corrected chi connectivity index (χ3v) is 8.70. The van der Waals surface area contributed by atoms with Crippen molar-refractivity contribution in [1.82, 2.24) is 10.2 Å². The summed E-state index contributed by atoms with van der Waals surface area (Å²) in [6, 6.07) is 22.7. The van der Waals surface area contributed by atoms with Crippen molar-refractivity contribution >= 4 is 27.5 Å². The van der Waals surface area contributed by atoms with E-state index in [0.717, 1.165) is 47.4 Å². The zero-order valence-corrected chi connectivity index (χ0v) is 25.9. The highest BCUT2D eigenvalue weighted by atomic mass is 32.2. The average Bonchev–Trinajstić information content (AvgIpc) is 3.51. The third-order valence-electron chi connectivity index (χ3n) is 7.57. The monoisotopic (exact) mass is 607 g/mol. The smallest absolute Gasteiger partial charge is 0.244 e. The number of hydrogen-bond acceptors (Lipinski definition) is 6. The van der Waals surface area contributed by atoms with E-state index >= 15 is 0 Å². The largest absolute Gasteiger partial charge is 0.497 e. The maximum Gasteiger partial charge on any atom is 0.244 e. The number of nitrogens with one attached hydrogen (secondary N) is 1. The second-order valence-electron chi connectivity index (χ2n) is 10.7. The van der Waals surface area contributed by atoms with Gasteiger partial charge < -0.3 is 19.7 Å². The molecule has 9 nitrogen and oxygen atoms in total. The minimum Gasteiger partial charge on any atom is -0.497 e. The first kappa shape index (κ1) is 31.9. The Kier molecular flexibility index (Phi) is 11.1. The van der Waals surface area contributed by atoms with Crippen molar-refractivity contribution in [3.63, 3.8) is 0 Å². The van der Waals surface area contributed by atoms with Crippen LogP contribution < -0.4 is 19.1 Å². The number of para-hydroxylation sites is 2. The minimum absolute atomic E-state index is 0.0464. The van der Waals surface area contributed by atoms with Crippen molar-refractivity contribution < 1.29 is 27.5 Å². The van der Waals surface area contributed by atoms with E-state index in [4.69, 9.17) is 9.47 Å². The summed E-state index contributed by atoms with van der Waals surface area (Å²) in [4.78, 5) is 29.8. The molecule has 1 saturated carbocycles. The van der Waals surface area contributed by atoms with Gasteiger partial charge in [0, 0.05) is 19.0 Å². The van der Waals surface area contributed by atoms with E-state index in [1.54, 1.807) is 44.4 Å². The maximum atomic E-state index is 14.3. The van der Waals surface area contributed by atoms with Crippen LogP contribution in [0.5, 0.6) is 11.5 Å². The highest BCUT2D eigenvalue weighted by molar-refractivity contribution is 7.92. The lowest BCUT2D eigenvalue weighted by Gasteiger charge is -2.34. The molecule has 1 fully saturated rings. The van der Waals surface area contributed by atoms with Crippen molar-refractivity contribution in [2.24, 2.45) is 0 Å². The van der Waals surface area contributed by atoms with Gasteiger partial charge in [-0.2, -0.15) is 0 Å². The zero-order chi connectivity index (χ0) is 30.8. The molecule has 0 aromatic heterocycles. The van der Waals surface area contributed by atoms with E-state index < -0.39 is 28.5 Å². The summed E-state index contributed by atoms with van der Waals surface area (Å²) < 4.78 is 38.4. The molecule has 0 bridgehead atoms. The van der Waals surface area contributed by atoms with E-state index in [1.807, 2.05) is 48.5 Å². The molecule has 0 saturated heterocycles. The molecule has 1 N–H and O–H groups in total. The number of benzene rings is 3. The van der Waals surface area contributed by atoms with Gasteiger partial charge in [0.1, 0.15) is 24.1 Å². The number of nitrogens with zero attached hydrogens (tertiary/aromatic N) is 2. The van der Waals surface area contributed by atoms with Crippen LogP contribution in [0.25, 0.3) is 0 Å². The van der Waals surface area contributed by atoms with Crippen LogP contribution in [0.2, 0.25) is 0 Å². The first-order valence-electron chi connectivity index (χ1n) is 14.7. The van der Waals surface area contributed by atoms with Crippen molar-refractivity contribution in [2.45, 2.75) is 57.7 Å². The van der Waals surface area contributed by atoms with Crippen molar-refractivity contribution in [2.75, 3.05) is 30.8 Å². The van der Waals surface area contributed by atoms with Crippen molar-refractivity contribution in [3.05, 3.63) is 90.0 Å². The standard InChI is InChI=1S/C33H41N3O6S/c1-4-42-31-20-11-10-19-29(31)36(43(3,39)40)24-32(37)35(23-26-15-12-18-28(21-26)41-2)30(22-25-13-6-5-7-14-25)33(38)34-27-16-8-9-17-27/h5-7,10-15,18-21,27,30H,4,8-9,16-17,22-24H2,1-3H3,(H,34,38). The third kappa shape index (κ3) is 8.73. The van der Waals surface area contributed by atoms with Gasteiger partial charge in [-0.1, -0.05) is 67.4 Å². The lowest BCUT2D eigenvalue weighted by molar-refractivity contribution is -0.140. The summed E-state index contributed by atoms with van der Waals surface area (Å²) in [6.45, 7) is 1.70. The molecule has 3 aromatic rings. The fourth-order valence-electron chi connectivity index (χ4n) is 5.42. The molecular formula is C33H41N3O6S. The molecule has 1 aliphatic carbocycles. The van der Waals surface area contributed by atoms with E-state index in [-0.39, 0.29) is 30.6 Å². The Morgan fingerprint density at radius 3 is 2.30 bits per heavy atom. The van der Waals surface area contributed by atoms with Gasteiger partial charge in [-0.15, -0.1) is 0 Å². The number of rotatable bonds is 14. The molecule has 2 amide bonds. The summed E-state index contributed by atoms with van der Waals surface area (Å²) in [5.74, 6) is 0.195. The highest BCUT2D eigenvalue weighted by Gasteiger charge is 2.34. The molecule has 1 atom stereocenters. The van der Waals surface area contributed by atoms with Gasteiger partial charge in [-0.05, 0) is 55.2 Å². The number of hydrogen-bond donors (Lipinski definition) is 1. The van der Waals surface area contributed by atoms with Gasteiger partial charge in [0.15, 0.2) is 0 Å². The highest BCUT2D eigenvalue weighted by Crippen LogP contribution is 2.30. The van der Waals surface area contributed by atoms with Crippen LogP contribution in [0, 0.1) is 0 Å². The first-order chi connectivity index (χ1) is 20.7. The van der Waals surface area contributed by atoms with Crippen LogP contribution in [-0.2, 0) is 32.6 Å². The number of sulfonamides is 1. The van der Waals surface area contributed by atoms with Crippen LogP contribution in [0.1, 0.15) is 43.7 Å². The lowest BCUT2D eigenvalue weighted by Crippen LogP contribution is -2.54. The molecule has 4 rings (SSSR count). The lowest BCUT2D eigenvalue weighted by atomic mass is 10.0. The molecule has 0 aliphatic heterocycles. The summed E-state index contributed by atoms with van der Waals surface area (Å²) in [6.07, 6.45) is 5.20. The fourth-order valence-corrected chi connectivity index (χ4v) is 6.28. The second kappa shape index (κ2) is 14.9. The summed E-state index contributed by atoms with van der Waals surface area (Å²) >= 11 is 0. The number of ether oxygens (including phenoxy) is 2. The average molecular weight is 608 g/mol. The molecule has 3 aromatic carbocycles. The molecule has 10 heteroatoms. The van der Waals surface area contributed by atoms with E-state index in [0.29, 0.717) is 18.1 Å². The summed E-state index contributed by atoms with van der Waals surface area (Å²) in [7, 11) is -2.34. The van der Waals surface area contributed by atoms with Crippen molar-refractivity contribution in [3.8, 4) is 11.5 Å². The summed E-state index contributed by atoms with van der Waals surface area (Å²) in [5, 5.41) is 3.17. The number of amides is 2. The van der Waals surface area contributed by atoms with Gasteiger partial charge >= 0.3 is 0 Å². The van der Waals surface area contributed by atoms with E-state index in [9.17, 15) is 18.0 Å². The van der Waals surface area contributed by atoms with Gasteiger partial charge in [0.05, 0.1) is 25.7 Å². The number of anilines is 1. The molecule has 0 spiro atoms. The van der Waals surface area contributed by atoms with Crippen LogP contribution in [0.3, 0.4) is 0 Å². The van der Waals surface area contributed by atoms with Gasteiger partial charge in [0.25, 0.3) is 0 Å². The Morgan fingerprint density at radius 2 is 1.63 bits per heavy atom. The Labute approximate surface area is 254 Å². The topological polar surface area (TPSA) is 105 Å². The molecule has 1 unspecified atom stereocenters. The maximum absolute atomic E-state index is 14.3. The second-order valence-corrected chi connectivity index (χ2v) is 12.6. The fraction of sp³-hybridized carbons (Fsp3) is 0.394. The van der Waals surface area contributed by atoms with Crippen LogP contribution in [0.15, 0.2) is 78.9 Å². The molecule has 0 radical (unpaired) electrons. The Hall–Kier alpha value is -4.05. The number of carbonyl (C=O) groups is 2. The zero-order valence-electron chi connectivity index (χ0n) is 25.1. The minimum atomic E-state index is -3.91. The van der Waals surface area contributed by atoms with Gasteiger partial charge in [0.2, 0.25) is 21.8 Å². The Balaban J connectivity index is 1.75. The Bertz CT molecular complexity index is 1470. The molecule has 43 heavy (non-hydrogen) atoms. The molecular weight excluding hydrogens is 566 g/mol. The first-order valence-corrected chi connectivity index (χ1v) is 16.5. The van der Waals surface area contributed by atoms with Crippen molar-refractivity contribution in [1.29, 1.82) is 0 Å². The molecule has 1 aliphatic rings. The SMILES string of the molecule is CCOc1ccccc1N(CC(=O)N(Cc1cccc(OC)c1)C(Cc1ccccc1)C(=O)NC1CCCC1)S(C)(=O)=O. The van der Waals surface area contributed by atoms with Gasteiger partial charge in [-0.25, -0.2) is 8.42 Å². The predicted molar refractivity (Wildman–Crippen MR) is 168 cm³/mol. The van der Waals surface area contributed by atoms with Gasteiger partial charge in [-0.3, -0.25) is 13.9 Å². The molecule has 0 heterocycles. The number of carbonyl (C=O) groups excluding carboxylic acids is 2.